The van der Waals surface area contributed by atoms with Gasteiger partial charge in [-0.1, -0.05) is 6.92 Å². The molecule has 12 heteroatoms. The summed E-state index contributed by atoms with van der Waals surface area (Å²) in [6.45, 7) is 15.2. The Bertz CT molecular complexity index is 1100. The number of ether oxygens (including phenoxy) is 1. The number of hydrogen-bond acceptors (Lipinski definition) is 9. The van der Waals surface area contributed by atoms with Crippen LogP contribution in [0.5, 0.6) is 0 Å². The third-order valence-corrected chi connectivity index (χ3v) is 5.53. The highest BCUT2D eigenvalue weighted by molar-refractivity contribution is 5.67. The highest BCUT2D eigenvalue weighted by Crippen LogP contribution is 2.24. The van der Waals surface area contributed by atoms with Crippen molar-refractivity contribution in [2.75, 3.05) is 6.54 Å². The van der Waals surface area contributed by atoms with Crippen LogP contribution in [-0.4, -0.2) is 53.2 Å². The van der Waals surface area contributed by atoms with E-state index in [2.05, 4.69) is 57.0 Å². The maximum absolute atomic E-state index is 11.9. The minimum atomic E-state index is -0.547. The van der Waals surface area contributed by atoms with E-state index in [1.807, 2.05) is 43.1 Å². The third-order valence-electron chi connectivity index (χ3n) is 5.53. The molecule has 1 amide bonds. The Morgan fingerprint density at radius 3 is 2.74 bits per heavy atom. The molecule has 2 atom stereocenters. The molecule has 0 bridgehead atoms. The summed E-state index contributed by atoms with van der Waals surface area (Å²) in [5.41, 5.74) is 2.10. The van der Waals surface area contributed by atoms with Crippen molar-refractivity contribution in [3.8, 4) is 0 Å². The molecule has 3 rings (SSSR count). The molecule has 3 aromatic heterocycles. The quantitative estimate of drug-likeness (QED) is 0.418. The molecule has 192 valence electrons. The topological polar surface area (TPSA) is 138 Å². The van der Waals surface area contributed by atoms with E-state index in [1.165, 1.54) is 6.39 Å². The lowest BCUT2D eigenvalue weighted by Gasteiger charge is -2.21. The lowest BCUT2D eigenvalue weighted by molar-refractivity contribution is 0.0528. The zero-order chi connectivity index (χ0) is 25.6. The van der Waals surface area contributed by atoms with Crippen molar-refractivity contribution in [2.45, 2.75) is 92.1 Å². The van der Waals surface area contributed by atoms with Gasteiger partial charge in [0.25, 0.3) is 0 Å². The second kappa shape index (κ2) is 11.4. The number of hydrogen-bond donors (Lipinski definition) is 2. The van der Waals surface area contributed by atoms with Crippen LogP contribution in [0.4, 0.5) is 4.79 Å². The summed E-state index contributed by atoms with van der Waals surface area (Å²) in [5, 5.41) is 23.5. The number of carbonyl (C=O) groups is 1. The van der Waals surface area contributed by atoms with Crippen molar-refractivity contribution in [3.63, 3.8) is 0 Å². The van der Waals surface area contributed by atoms with Crippen molar-refractivity contribution in [2.24, 2.45) is 0 Å². The third kappa shape index (κ3) is 6.87. The van der Waals surface area contributed by atoms with E-state index < -0.39 is 11.7 Å². The largest absolute Gasteiger partial charge is 0.448 e. The lowest BCUT2D eigenvalue weighted by atomic mass is 10.1. The van der Waals surface area contributed by atoms with Gasteiger partial charge in [-0.15, -0.1) is 5.10 Å². The van der Waals surface area contributed by atoms with Gasteiger partial charge in [0.15, 0.2) is 12.2 Å². The number of tetrazole rings is 1. The fraction of sp³-hybridized carbons (Fsp3) is 0.652. The van der Waals surface area contributed by atoms with Crippen molar-refractivity contribution in [1.82, 2.24) is 45.6 Å². The van der Waals surface area contributed by atoms with E-state index >= 15 is 0 Å². The number of amides is 1. The number of nitrogens with zero attached hydrogens (tertiary/aromatic N) is 7. The van der Waals surface area contributed by atoms with Crippen LogP contribution >= 0.6 is 0 Å². The molecule has 0 spiro atoms. The number of nitrogens with one attached hydrogen (secondary N) is 2. The van der Waals surface area contributed by atoms with Crippen molar-refractivity contribution in [3.05, 3.63) is 41.1 Å². The summed E-state index contributed by atoms with van der Waals surface area (Å²) in [7, 11) is 0. The first-order valence-corrected chi connectivity index (χ1v) is 12.1. The SMILES string of the molecule is CCC(C)n1nnnc1C(NCc1ncoc1CCNC(=O)OC(C)(C)C)c1cc(C)nn1CC. The predicted octanol–water partition coefficient (Wildman–Crippen LogP) is 3.10. The molecule has 0 fully saturated rings. The standard InChI is InChI=1S/C23H37N9O3/c1-8-16(4)32-21(27-29-30-32)20(18-12-15(3)28-31(18)9-2)25-13-17-19(34-14-26-17)10-11-24-22(33)35-23(5,6)7/h12,14,16,20,25H,8-11,13H2,1-7H3,(H,24,33). The molecular weight excluding hydrogens is 450 g/mol. The van der Waals surface area contributed by atoms with E-state index in [9.17, 15) is 4.79 Å². The molecule has 0 saturated heterocycles. The molecule has 2 N–H and O–H groups in total. The van der Waals surface area contributed by atoms with Crippen LogP contribution in [0.15, 0.2) is 16.9 Å². The average molecular weight is 488 g/mol. The van der Waals surface area contributed by atoms with Gasteiger partial charge in [-0.05, 0) is 64.5 Å². The minimum absolute atomic E-state index is 0.143. The van der Waals surface area contributed by atoms with E-state index in [0.717, 1.165) is 30.0 Å². The smallest absolute Gasteiger partial charge is 0.407 e. The summed E-state index contributed by atoms with van der Waals surface area (Å²) in [5.74, 6) is 1.40. The van der Waals surface area contributed by atoms with Crippen molar-refractivity contribution < 1.29 is 13.9 Å². The first kappa shape index (κ1) is 26.3. The first-order chi connectivity index (χ1) is 16.6. The van der Waals surface area contributed by atoms with E-state index in [0.29, 0.717) is 31.1 Å². The molecule has 0 aliphatic heterocycles. The van der Waals surface area contributed by atoms with Crippen molar-refractivity contribution >= 4 is 6.09 Å². The molecule has 0 aliphatic rings. The number of aromatic nitrogens is 7. The van der Waals surface area contributed by atoms with Crippen molar-refractivity contribution in [1.29, 1.82) is 0 Å². The Morgan fingerprint density at radius 1 is 1.29 bits per heavy atom. The van der Waals surface area contributed by atoms with Gasteiger partial charge in [-0.2, -0.15) is 5.10 Å². The monoisotopic (exact) mass is 487 g/mol. The Morgan fingerprint density at radius 2 is 2.06 bits per heavy atom. The summed E-state index contributed by atoms with van der Waals surface area (Å²) in [6.07, 6.45) is 2.34. The summed E-state index contributed by atoms with van der Waals surface area (Å²) >= 11 is 0. The van der Waals surface area contributed by atoms with Gasteiger partial charge in [0.1, 0.15) is 17.4 Å². The normalized spacial score (nSPS) is 13.6. The van der Waals surface area contributed by atoms with Crippen LogP contribution in [-0.2, 0) is 24.2 Å². The molecule has 0 aromatic carbocycles. The van der Waals surface area contributed by atoms with Gasteiger partial charge in [0, 0.05) is 26.1 Å². The molecule has 3 aromatic rings. The van der Waals surface area contributed by atoms with Crippen LogP contribution in [0.3, 0.4) is 0 Å². The van der Waals surface area contributed by atoms with Crippen LogP contribution in [0, 0.1) is 6.92 Å². The summed E-state index contributed by atoms with van der Waals surface area (Å²) < 4.78 is 14.7. The van der Waals surface area contributed by atoms with Gasteiger partial charge in [-0.25, -0.2) is 14.5 Å². The van der Waals surface area contributed by atoms with E-state index in [4.69, 9.17) is 9.15 Å². The second-order valence-electron chi connectivity index (χ2n) is 9.48. The van der Waals surface area contributed by atoms with Gasteiger partial charge < -0.3 is 14.5 Å². The summed E-state index contributed by atoms with van der Waals surface area (Å²) in [4.78, 5) is 16.3. The molecule has 0 saturated carbocycles. The minimum Gasteiger partial charge on any atom is -0.448 e. The fourth-order valence-corrected chi connectivity index (χ4v) is 3.69. The predicted molar refractivity (Wildman–Crippen MR) is 129 cm³/mol. The Labute approximate surface area is 205 Å². The van der Waals surface area contributed by atoms with Crippen LogP contribution in [0.25, 0.3) is 0 Å². The number of oxazole rings is 1. The Hall–Kier alpha value is -3.28. The van der Waals surface area contributed by atoms with E-state index in [1.54, 1.807) is 0 Å². The second-order valence-corrected chi connectivity index (χ2v) is 9.48. The van der Waals surface area contributed by atoms with Crippen LogP contribution in [0.2, 0.25) is 0 Å². The van der Waals surface area contributed by atoms with Gasteiger partial charge >= 0.3 is 6.09 Å². The molecule has 3 heterocycles. The summed E-state index contributed by atoms with van der Waals surface area (Å²) in [6, 6.07) is 1.89. The van der Waals surface area contributed by atoms with Crippen LogP contribution < -0.4 is 10.6 Å². The zero-order valence-corrected chi connectivity index (χ0v) is 21.7. The Kier molecular flexibility index (Phi) is 8.60. The molecule has 2 unspecified atom stereocenters. The zero-order valence-electron chi connectivity index (χ0n) is 21.7. The molecule has 12 nitrogen and oxygen atoms in total. The fourth-order valence-electron chi connectivity index (χ4n) is 3.69. The molecule has 0 radical (unpaired) electrons. The average Bonchev–Trinajstić information content (AvgIpc) is 3.52. The maximum atomic E-state index is 11.9. The molecule has 0 aliphatic carbocycles. The number of alkyl carbamates (subject to hydrolysis) is 1. The number of aryl methyl sites for hydroxylation is 2. The highest BCUT2D eigenvalue weighted by atomic mass is 16.6. The first-order valence-electron chi connectivity index (χ1n) is 12.1. The van der Waals surface area contributed by atoms with Gasteiger partial charge in [0.05, 0.1) is 23.1 Å². The molecular formula is C23H37N9O3. The number of carbonyl (C=O) groups excluding carboxylic acids is 1. The van der Waals surface area contributed by atoms with Gasteiger partial charge in [0.2, 0.25) is 0 Å². The van der Waals surface area contributed by atoms with Gasteiger partial charge in [-0.3, -0.25) is 10.00 Å². The molecule has 35 heavy (non-hydrogen) atoms. The van der Waals surface area contributed by atoms with E-state index in [-0.39, 0.29) is 12.1 Å². The highest BCUT2D eigenvalue weighted by Gasteiger charge is 2.27. The van der Waals surface area contributed by atoms with Crippen LogP contribution in [0.1, 0.15) is 88.7 Å². The Balaban J connectivity index is 1.76. The lowest BCUT2D eigenvalue weighted by Crippen LogP contribution is -2.33. The number of rotatable bonds is 11. The maximum Gasteiger partial charge on any atom is 0.407 e.